The van der Waals surface area contributed by atoms with Gasteiger partial charge in [-0.15, -0.1) is 0 Å². The summed E-state index contributed by atoms with van der Waals surface area (Å²) in [5.74, 6) is -1.18. The maximum atomic E-state index is 13.0. The van der Waals surface area contributed by atoms with Gasteiger partial charge < -0.3 is 0 Å². The number of Topliss-reactive ketones (excluding diaryl/α,β-unsaturated/α-hetero) is 1. The van der Waals surface area contributed by atoms with E-state index >= 15 is 0 Å². The summed E-state index contributed by atoms with van der Waals surface area (Å²) in [5.41, 5.74) is -4.60. The molecule has 0 spiro atoms. The number of halogens is 6. The Hall–Kier alpha value is -3.08. The van der Waals surface area contributed by atoms with E-state index in [9.17, 15) is 31.1 Å². The van der Waals surface area contributed by atoms with E-state index in [0.717, 1.165) is 6.92 Å². The van der Waals surface area contributed by atoms with Gasteiger partial charge in [0.15, 0.2) is 5.78 Å². The lowest BCUT2D eigenvalue weighted by molar-refractivity contribution is -0.143. The van der Waals surface area contributed by atoms with Crippen molar-refractivity contribution in [1.29, 1.82) is 10.5 Å². The third-order valence-corrected chi connectivity index (χ3v) is 2.62. The largest absolute Gasteiger partial charge is 0.417 e. The van der Waals surface area contributed by atoms with Crippen LogP contribution in [0.15, 0.2) is 17.2 Å². The van der Waals surface area contributed by atoms with Crippen molar-refractivity contribution < 1.29 is 31.1 Å². The third kappa shape index (κ3) is 4.23. The van der Waals surface area contributed by atoms with Crippen molar-refractivity contribution in [3.05, 3.63) is 28.8 Å². The summed E-state index contributed by atoms with van der Waals surface area (Å²) in [6.45, 7) is 0.724. The van der Waals surface area contributed by atoms with Gasteiger partial charge in [-0.1, -0.05) is 0 Å². The van der Waals surface area contributed by atoms with E-state index in [4.69, 9.17) is 10.5 Å². The number of rotatable bonds is 3. The predicted molar refractivity (Wildman–Crippen MR) is 68.7 cm³/mol. The van der Waals surface area contributed by atoms with E-state index in [1.807, 2.05) is 0 Å². The molecule has 0 saturated carbocycles. The monoisotopic (exact) mass is 348 g/mol. The Balaban J connectivity index is 3.72. The van der Waals surface area contributed by atoms with E-state index in [-0.39, 0.29) is 12.1 Å². The van der Waals surface area contributed by atoms with Gasteiger partial charge in [-0.3, -0.25) is 10.2 Å². The summed E-state index contributed by atoms with van der Waals surface area (Å²) < 4.78 is 77.3. The molecule has 24 heavy (non-hydrogen) atoms. The number of benzene rings is 1. The van der Waals surface area contributed by atoms with Crippen LogP contribution in [0.1, 0.15) is 28.4 Å². The highest BCUT2D eigenvalue weighted by Gasteiger charge is 2.40. The highest BCUT2D eigenvalue weighted by Crippen LogP contribution is 2.40. The lowest BCUT2D eigenvalue weighted by atomic mass is 9.98. The number of nitrogens with zero attached hydrogens (tertiary/aromatic N) is 3. The molecular formula is C13H6F6N4O. The molecule has 0 radical (unpaired) electrons. The summed E-state index contributed by atoms with van der Waals surface area (Å²) >= 11 is 0. The van der Waals surface area contributed by atoms with Crippen molar-refractivity contribution >= 4 is 17.2 Å². The van der Waals surface area contributed by atoms with Gasteiger partial charge in [0, 0.05) is 0 Å². The molecule has 0 bridgehead atoms. The Labute approximate surface area is 130 Å². The molecule has 0 heterocycles. The van der Waals surface area contributed by atoms with Gasteiger partial charge in [-0.2, -0.15) is 42.0 Å². The number of carbonyl (C=O) groups is 1. The predicted octanol–water partition coefficient (Wildman–Crippen LogP) is 3.74. The van der Waals surface area contributed by atoms with Crippen LogP contribution in [0.25, 0.3) is 0 Å². The quantitative estimate of drug-likeness (QED) is 0.390. The SMILES string of the molecule is CC(=O)c1c(NN=C(C#N)C#N)cc(C(F)(F)F)cc1C(F)(F)F. The fourth-order valence-corrected chi connectivity index (χ4v) is 1.69. The second-order valence-electron chi connectivity index (χ2n) is 4.29. The summed E-state index contributed by atoms with van der Waals surface area (Å²) in [6, 6.07) is 2.56. The van der Waals surface area contributed by atoms with Crippen LogP contribution in [0.3, 0.4) is 0 Å². The minimum atomic E-state index is -5.24. The zero-order valence-electron chi connectivity index (χ0n) is 11.7. The molecule has 0 aromatic heterocycles. The molecule has 0 aliphatic heterocycles. The van der Waals surface area contributed by atoms with Crippen molar-refractivity contribution in [3.63, 3.8) is 0 Å². The molecule has 11 heteroatoms. The van der Waals surface area contributed by atoms with E-state index in [1.165, 1.54) is 12.1 Å². The molecule has 5 nitrogen and oxygen atoms in total. The van der Waals surface area contributed by atoms with Crippen LogP contribution in [0.2, 0.25) is 0 Å². The van der Waals surface area contributed by atoms with Crippen LogP contribution in [0.5, 0.6) is 0 Å². The maximum Gasteiger partial charge on any atom is 0.417 e. The van der Waals surface area contributed by atoms with E-state index < -0.39 is 46.2 Å². The molecule has 0 fully saturated rings. The first-order chi connectivity index (χ1) is 10.9. The minimum Gasteiger partial charge on any atom is -0.294 e. The van der Waals surface area contributed by atoms with Crippen LogP contribution in [0.4, 0.5) is 32.0 Å². The molecule has 0 aliphatic carbocycles. The van der Waals surface area contributed by atoms with Crippen LogP contribution in [0, 0.1) is 22.7 Å². The van der Waals surface area contributed by atoms with Crippen LogP contribution in [-0.4, -0.2) is 11.5 Å². The topological polar surface area (TPSA) is 89.0 Å². The molecule has 0 atom stereocenters. The summed E-state index contributed by atoms with van der Waals surface area (Å²) in [6.07, 6.45) is -10.4. The van der Waals surface area contributed by atoms with E-state index in [1.54, 1.807) is 5.43 Å². The summed E-state index contributed by atoms with van der Waals surface area (Å²) in [7, 11) is 0. The minimum absolute atomic E-state index is 0.193. The molecule has 0 saturated heterocycles. The number of nitriles is 2. The Kier molecular flexibility index (Phi) is 5.20. The number of nitrogens with one attached hydrogen (secondary N) is 1. The number of ketones is 1. The summed E-state index contributed by atoms with van der Waals surface area (Å²) in [4.78, 5) is 11.5. The van der Waals surface area contributed by atoms with Crippen molar-refractivity contribution in [2.45, 2.75) is 19.3 Å². The van der Waals surface area contributed by atoms with E-state index in [2.05, 4.69) is 5.10 Å². The van der Waals surface area contributed by atoms with E-state index in [0.29, 0.717) is 0 Å². The fourth-order valence-electron chi connectivity index (χ4n) is 1.69. The number of hydrogen-bond donors (Lipinski definition) is 1. The highest BCUT2D eigenvalue weighted by atomic mass is 19.4. The second kappa shape index (κ2) is 6.58. The number of alkyl halides is 6. The van der Waals surface area contributed by atoms with Crippen LogP contribution in [-0.2, 0) is 12.4 Å². The first-order valence-electron chi connectivity index (χ1n) is 5.89. The van der Waals surface area contributed by atoms with Crippen molar-refractivity contribution in [1.82, 2.24) is 0 Å². The van der Waals surface area contributed by atoms with Gasteiger partial charge >= 0.3 is 12.4 Å². The molecule has 0 amide bonds. The Morgan fingerprint density at radius 3 is 2.00 bits per heavy atom. The average molecular weight is 348 g/mol. The zero-order chi connectivity index (χ0) is 18.7. The summed E-state index contributed by atoms with van der Waals surface area (Å²) in [5, 5.41) is 20.0. The molecule has 1 aromatic rings. The smallest absolute Gasteiger partial charge is 0.294 e. The first-order valence-corrected chi connectivity index (χ1v) is 5.89. The van der Waals surface area contributed by atoms with Crippen LogP contribution >= 0.6 is 0 Å². The van der Waals surface area contributed by atoms with Gasteiger partial charge in [-0.25, -0.2) is 0 Å². The van der Waals surface area contributed by atoms with Gasteiger partial charge in [0.2, 0.25) is 5.71 Å². The third-order valence-electron chi connectivity index (χ3n) is 2.62. The molecule has 0 aliphatic rings. The normalized spacial score (nSPS) is 11.2. The molecule has 1 N–H and O–H groups in total. The van der Waals surface area contributed by atoms with Gasteiger partial charge in [0.25, 0.3) is 0 Å². The zero-order valence-corrected chi connectivity index (χ0v) is 11.7. The molecular weight excluding hydrogens is 342 g/mol. The number of hydrogen-bond acceptors (Lipinski definition) is 5. The maximum absolute atomic E-state index is 13.0. The lowest BCUT2D eigenvalue weighted by Crippen LogP contribution is -2.17. The number of hydrazone groups is 1. The lowest BCUT2D eigenvalue weighted by Gasteiger charge is -2.18. The number of carbonyl (C=O) groups excluding carboxylic acids is 1. The molecule has 126 valence electrons. The molecule has 0 unspecified atom stereocenters. The highest BCUT2D eigenvalue weighted by molar-refractivity contribution is 6.10. The standard InChI is InChI=1S/C13H6F6N4O/c1-6(24)11-9(13(17,18)19)2-7(12(14,15)16)3-10(11)23-22-8(4-20)5-21/h2-3,23H,1H3. The van der Waals surface area contributed by atoms with Crippen molar-refractivity contribution in [2.24, 2.45) is 5.10 Å². The molecule has 1 aromatic carbocycles. The van der Waals surface area contributed by atoms with Gasteiger partial charge in [0.1, 0.15) is 12.1 Å². The molecule has 1 rings (SSSR count). The fraction of sp³-hybridized carbons (Fsp3) is 0.231. The van der Waals surface area contributed by atoms with Crippen molar-refractivity contribution in [2.75, 3.05) is 5.43 Å². The van der Waals surface area contributed by atoms with Crippen molar-refractivity contribution in [3.8, 4) is 12.1 Å². The second-order valence-corrected chi connectivity index (χ2v) is 4.29. The Bertz CT molecular complexity index is 764. The Morgan fingerprint density at radius 1 is 1.08 bits per heavy atom. The van der Waals surface area contributed by atoms with Crippen LogP contribution < -0.4 is 5.43 Å². The number of anilines is 1. The van der Waals surface area contributed by atoms with Gasteiger partial charge in [-0.05, 0) is 19.1 Å². The average Bonchev–Trinajstić information content (AvgIpc) is 2.45. The Morgan fingerprint density at radius 2 is 1.62 bits per heavy atom. The first kappa shape index (κ1) is 19.0. The van der Waals surface area contributed by atoms with Gasteiger partial charge in [0.05, 0.1) is 22.4 Å².